The quantitative estimate of drug-likeness (QED) is 0.648. The van der Waals surface area contributed by atoms with Gasteiger partial charge in [-0.3, -0.25) is 4.79 Å². The summed E-state index contributed by atoms with van der Waals surface area (Å²) in [5.41, 5.74) is 4.95. The largest absolute Gasteiger partial charge is 0.339 e. The molecule has 2 heterocycles. The van der Waals surface area contributed by atoms with Gasteiger partial charge in [-0.25, -0.2) is 0 Å². The van der Waals surface area contributed by atoms with Gasteiger partial charge in [0.25, 0.3) is 5.91 Å². The highest BCUT2D eigenvalue weighted by molar-refractivity contribution is 6.30. The predicted molar refractivity (Wildman–Crippen MR) is 98.4 cm³/mol. The molecule has 0 bridgehead atoms. The summed E-state index contributed by atoms with van der Waals surface area (Å²) in [6, 6.07) is 15.9. The summed E-state index contributed by atoms with van der Waals surface area (Å²) in [6.45, 7) is 0.583. The van der Waals surface area contributed by atoms with Gasteiger partial charge < -0.3 is 9.47 Å². The third kappa shape index (κ3) is 2.16. The van der Waals surface area contributed by atoms with E-state index in [0.29, 0.717) is 11.6 Å². The molecule has 0 saturated carbocycles. The topological polar surface area (TPSA) is 25.2 Å². The van der Waals surface area contributed by atoms with Gasteiger partial charge in [-0.05, 0) is 29.3 Å². The number of aromatic nitrogens is 1. The second kappa shape index (κ2) is 5.53. The zero-order valence-electron chi connectivity index (χ0n) is 13.6. The van der Waals surface area contributed by atoms with E-state index in [2.05, 4.69) is 18.2 Å². The Morgan fingerprint density at radius 1 is 1.00 bits per heavy atom. The van der Waals surface area contributed by atoms with Gasteiger partial charge in [0.2, 0.25) is 0 Å². The number of amides is 1. The lowest BCUT2D eigenvalue weighted by atomic mass is 9.95. The monoisotopic (exact) mass is 336 g/mol. The minimum Gasteiger partial charge on any atom is -0.339 e. The van der Waals surface area contributed by atoms with E-state index >= 15 is 0 Å². The molecular weight excluding hydrogens is 320 g/mol. The number of carbonyl (C=O) groups is 1. The summed E-state index contributed by atoms with van der Waals surface area (Å²) in [6.07, 6.45) is 2.12. The molecule has 0 aliphatic carbocycles. The van der Waals surface area contributed by atoms with Gasteiger partial charge >= 0.3 is 0 Å². The maximum Gasteiger partial charge on any atom is 0.271 e. The van der Waals surface area contributed by atoms with E-state index < -0.39 is 0 Å². The number of nitrogens with zero attached hydrogens (tertiary/aromatic N) is 2. The summed E-state index contributed by atoms with van der Waals surface area (Å²) in [4.78, 5) is 14.7. The molecule has 0 atom stereocenters. The van der Waals surface area contributed by atoms with Crippen LogP contribution in [0.25, 0.3) is 16.5 Å². The van der Waals surface area contributed by atoms with Crippen molar-refractivity contribution < 1.29 is 4.79 Å². The van der Waals surface area contributed by atoms with Gasteiger partial charge in [0.05, 0.1) is 0 Å². The molecule has 3 aromatic rings. The van der Waals surface area contributed by atoms with Crippen LogP contribution in [0.1, 0.15) is 21.6 Å². The Morgan fingerprint density at radius 2 is 1.71 bits per heavy atom. The molecule has 1 amide bonds. The molecular formula is C20H17ClN2O. The zero-order valence-corrected chi connectivity index (χ0v) is 14.3. The van der Waals surface area contributed by atoms with Crippen LogP contribution in [0.3, 0.4) is 0 Å². The number of likely N-dealkylation sites (N-methyl/N-ethyl adjacent to an activating group) is 1. The zero-order chi connectivity index (χ0) is 16.8. The van der Waals surface area contributed by atoms with Gasteiger partial charge in [-0.15, -0.1) is 0 Å². The van der Waals surface area contributed by atoms with Crippen molar-refractivity contribution >= 4 is 34.0 Å². The van der Waals surface area contributed by atoms with Crippen LogP contribution in [-0.2, 0) is 7.05 Å². The minimum absolute atomic E-state index is 0.0453. The molecule has 24 heavy (non-hydrogen) atoms. The molecule has 0 spiro atoms. The van der Waals surface area contributed by atoms with Crippen LogP contribution >= 0.6 is 11.6 Å². The molecule has 120 valence electrons. The fraction of sp³-hybridized carbons (Fsp3) is 0.150. The average molecular weight is 337 g/mol. The lowest BCUT2D eigenvalue weighted by molar-refractivity contribution is 0.0803. The normalized spacial score (nSPS) is 14.5. The van der Waals surface area contributed by atoms with Crippen LogP contribution in [-0.4, -0.2) is 29.0 Å². The molecule has 1 aliphatic heterocycles. The van der Waals surface area contributed by atoms with E-state index in [0.717, 1.165) is 33.3 Å². The van der Waals surface area contributed by atoms with E-state index in [-0.39, 0.29) is 5.91 Å². The summed E-state index contributed by atoms with van der Waals surface area (Å²) in [5, 5.41) is 1.80. The van der Waals surface area contributed by atoms with E-state index in [9.17, 15) is 4.79 Å². The van der Waals surface area contributed by atoms with Crippen molar-refractivity contribution in [3.8, 4) is 0 Å². The Balaban J connectivity index is 2.07. The number of carbonyl (C=O) groups excluding carboxylic acids is 1. The fourth-order valence-electron chi connectivity index (χ4n) is 3.40. The smallest absolute Gasteiger partial charge is 0.271 e. The van der Waals surface area contributed by atoms with Gasteiger partial charge in [0, 0.05) is 42.1 Å². The number of rotatable bonds is 1. The molecule has 0 fully saturated rings. The molecule has 0 saturated heterocycles. The molecule has 3 nitrogen and oxygen atoms in total. The number of hydrogen-bond donors (Lipinski definition) is 0. The minimum atomic E-state index is 0.0453. The third-order valence-electron chi connectivity index (χ3n) is 4.65. The lowest BCUT2D eigenvalue weighted by Gasteiger charge is -2.14. The van der Waals surface area contributed by atoms with E-state index in [4.69, 9.17) is 11.6 Å². The first-order chi connectivity index (χ1) is 11.6. The first kappa shape index (κ1) is 15.0. The average Bonchev–Trinajstić information content (AvgIpc) is 2.81. The Labute approximate surface area is 145 Å². The Hall–Kier alpha value is -2.52. The van der Waals surface area contributed by atoms with Crippen molar-refractivity contribution in [2.75, 3.05) is 13.6 Å². The molecule has 4 heteroatoms. The number of benzene rings is 2. The highest BCUT2D eigenvalue weighted by atomic mass is 35.5. The predicted octanol–water partition coefficient (Wildman–Crippen LogP) is 4.35. The Bertz CT molecular complexity index is 983. The van der Waals surface area contributed by atoms with Gasteiger partial charge in [0.15, 0.2) is 0 Å². The van der Waals surface area contributed by atoms with E-state index in [1.54, 1.807) is 4.90 Å². The SMILES string of the molecule is CN1CC=C(c2ccc(Cl)cc2)c2c(n(C)c3ccccc23)C1=O. The molecule has 0 N–H and O–H groups in total. The highest BCUT2D eigenvalue weighted by Crippen LogP contribution is 2.37. The van der Waals surface area contributed by atoms with Gasteiger partial charge in [-0.1, -0.05) is 48.0 Å². The fourth-order valence-corrected chi connectivity index (χ4v) is 3.53. The molecule has 4 rings (SSSR count). The molecule has 1 aromatic heterocycles. The van der Waals surface area contributed by atoms with Crippen LogP contribution in [0, 0.1) is 0 Å². The van der Waals surface area contributed by atoms with E-state index in [1.165, 1.54) is 0 Å². The molecule has 1 aliphatic rings. The number of halogens is 1. The number of fused-ring (bicyclic) bond motifs is 3. The molecule has 0 radical (unpaired) electrons. The first-order valence-electron chi connectivity index (χ1n) is 7.87. The van der Waals surface area contributed by atoms with Crippen LogP contribution < -0.4 is 0 Å². The van der Waals surface area contributed by atoms with Gasteiger partial charge in [0.1, 0.15) is 5.69 Å². The van der Waals surface area contributed by atoms with Crippen molar-refractivity contribution in [3.63, 3.8) is 0 Å². The standard InChI is InChI=1S/C20H17ClN2O/c1-22-12-11-15(13-7-9-14(21)10-8-13)18-16-5-3-4-6-17(16)23(2)19(18)20(22)24/h3-11H,12H2,1-2H3. The van der Waals surface area contributed by atoms with E-state index in [1.807, 2.05) is 55.1 Å². The van der Waals surface area contributed by atoms with Gasteiger partial charge in [-0.2, -0.15) is 0 Å². The van der Waals surface area contributed by atoms with Crippen molar-refractivity contribution in [2.24, 2.45) is 7.05 Å². The number of hydrogen-bond acceptors (Lipinski definition) is 1. The van der Waals surface area contributed by atoms with Crippen LogP contribution in [0.15, 0.2) is 54.6 Å². The molecule has 0 unspecified atom stereocenters. The summed E-state index contributed by atoms with van der Waals surface area (Å²) >= 11 is 6.04. The number of aryl methyl sites for hydroxylation is 1. The third-order valence-corrected chi connectivity index (χ3v) is 4.90. The Kier molecular flexibility index (Phi) is 3.47. The maximum atomic E-state index is 12.9. The Morgan fingerprint density at radius 3 is 2.46 bits per heavy atom. The highest BCUT2D eigenvalue weighted by Gasteiger charge is 2.28. The maximum absolute atomic E-state index is 12.9. The summed E-state index contributed by atoms with van der Waals surface area (Å²) in [7, 11) is 3.79. The lowest BCUT2D eigenvalue weighted by Crippen LogP contribution is -2.27. The second-order valence-electron chi connectivity index (χ2n) is 6.11. The second-order valence-corrected chi connectivity index (χ2v) is 6.55. The van der Waals surface area contributed by atoms with Crippen LogP contribution in [0.4, 0.5) is 0 Å². The van der Waals surface area contributed by atoms with Crippen LogP contribution in [0.5, 0.6) is 0 Å². The van der Waals surface area contributed by atoms with Crippen molar-refractivity contribution in [3.05, 3.63) is 76.5 Å². The van der Waals surface area contributed by atoms with Crippen molar-refractivity contribution in [1.82, 2.24) is 9.47 Å². The first-order valence-corrected chi connectivity index (χ1v) is 8.25. The van der Waals surface area contributed by atoms with Crippen molar-refractivity contribution in [2.45, 2.75) is 0 Å². The molecule has 2 aromatic carbocycles. The summed E-state index contributed by atoms with van der Waals surface area (Å²) < 4.78 is 2.00. The summed E-state index contributed by atoms with van der Waals surface area (Å²) in [5.74, 6) is 0.0453. The van der Waals surface area contributed by atoms with Crippen LogP contribution in [0.2, 0.25) is 5.02 Å². The number of para-hydroxylation sites is 1. The van der Waals surface area contributed by atoms with Crippen molar-refractivity contribution in [1.29, 1.82) is 0 Å².